The molecule has 0 amide bonds. The molecule has 2 nitrogen and oxygen atoms in total. The lowest BCUT2D eigenvalue weighted by atomic mass is 9.87. The maximum absolute atomic E-state index is 5.41. The van der Waals surface area contributed by atoms with Gasteiger partial charge in [0, 0.05) is 19.1 Å². The third-order valence-electron chi connectivity index (χ3n) is 2.59. The molecule has 1 saturated carbocycles. The molecule has 0 radical (unpaired) electrons. The van der Waals surface area contributed by atoms with Crippen molar-refractivity contribution in [1.29, 1.82) is 0 Å². The highest BCUT2D eigenvalue weighted by molar-refractivity contribution is 4.74. The highest BCUT2D eigenvalue weighted by Gasteiger charge is 2.16. The Hall–Kier alpha value is -0.0800. The Morgan fingerprint density at radius 3 is 2.45 bits per heavy atom. The van der Waals surface area contributed by atoms with Gasteiger partial charge in [-0.3, -0.25) is 0 Å². The monoisotopic (exact) mass is 156 g/mol. The molecular weight excluding hydrogens is 136 g/mol. The molecule has 0 aromatic rings. The van der Waals surface area contributed by atoms with Gasteiger partial charge in [0.2, 0.25) is 0 Å². The molecule has 0 unspecified atom stereocenters. The standard InChI is InChI=1S/C9H20N2/c1-8-2-4-9(5-3-8)11-7-6-10/h8-9,11H,2-7,10H2,1H3. The van der Waals surface area contributed by atoms with Crippen molar-refractivity contribution in [2.75, 3.05) is 13.1 Å². The van der Waals surface area contributed by atoms with Crippen LogP contribution in [-0.4, -0.2) is 19.1 Å². The van der Waals surface area contributed by atoms with E-state index in [0.29, 0.717) is 0 Å². The second kappa shape index (κ2) is 4.73. The topological polar surface area (TPSA) is 38.0 Å². The van der Waals surface area contributed by atoms with E-state index in [1.807, 2.05) is 0 Å². The minimum absolute atomic E-state index is 0.759. The molecule has 1 rings (SSSR count). The van der Waals surface area contributed by atoms with Crippen molar-refractivity contribution in [3.63, 3.8) is 0 Å². The summed E-state index contributed by atoms with van der Waals surface area (Å²) in [6.45, 7) is 4.10. The molecule has 0 atom stereocenters. The fourth-order valence-corrected chi connectivity index (χ4v) is 1.75. The lowest BCUT2D eigenvalue weighted by Gasteiger charge is -2.26. The van der Waals surface area contributed by atoms with E-state index in [2.05, 4.69) is 12.2 Å². The Bertz CT molecular complexity index is 93.0. The maximum Gasteiger partial charge on any atom is 0.00770 e. The van der Waals surface area contributed by atoms with Gasteiger partial charge in [-0.05, 0) is 31.6 Å². The fraction of sp³-hybridized carbons (Fsp3) is 1.00. The highest BCUT2D eigenvalue weighted by Crippen LogP contribution is 2.22. The van der Waals surface area contributed by atoms with Crippen LogP contribution in [0, 0.1) is 5.92 Å². The molecule has 66 valence electrons. The molecule has 1 fully saturated rings. The molecular formula is C9H20N2. The second-order valence-corrected chi connectivity index (χ2v) is 3.70. The minimum atomic E-state index is 0.759. The van der Waals surface area contributed by atoms with Gasteiger partial charge in [0.1, 0.15) is 0 Å². The summed E-state index contributed by atoms with van der Waals surface area (Å²) >= 11 is 0. The van der Waals surface area contributed by atoms with Gasteiger partial charge in [-0.25, -0.2) is 0 Å². The van der Waals surface area contributed by atoms with Crippen molar-refractivity contribution in [1.82, 2.24) is 5.32 Å². The normalized spacial score (nSPS) is 32.2. The first kappa shape index (κ1) is 9.01. The predicted octanol–water partition coefficient (Wildman–Crippen LogP) is 1.11. The van der Waals surface area contributed by atoms with Gasteiger partial charge in [-0.1, -0.05) is 6.92 Å². The van der Waals surface area contributed by atoms with Crippen LogP contribution in [0.2, 0.25) is 0 Å². The van der Waals surface area contributed by atoms with Gasteiger partial charge in [0.25, 0.3) is 0 Å². The molecule has 0 heterocycles. The van der Waals surface area contributed by atoms with E-state index in [4.69, 9.17) is 5.73 Å². The number of hydrogen-bond acceptors (Lipinski definition) is 2. The molecule has 0 saturated heterocycles. The second-order valence-electron chi connectivity index (χ2n) is 3.70. The zero-order valence-electron chi connectivity index (χ0n) is 7.47. The van der Waals surface area contributed by atoms with Crippen LogP contribution in [0.15, 0.2) is 0 Å². The third-order valence-corrected chi connectivity index (χ3v) is 2.59. The molecule has 0 spiro atoms. The number of nitrogens with two attached hydrogens (primary N) is 1. The third kappa shape index (κ3) is 3.21. The quantitative estimate of drug-likeness (QED) is 0.642. The number of hydrogen-bond donors (Lipinski definition) is 2. The van der Waals surface area contributed by atoms with Crippen LogP contribution in [0.4, 0.5) is 0 Å². The van der Waals surface area contributed by atoms with Crippen molar-refractivity contribution in [3.8, 4) is 0 Å². The molecule has 1 aliphatic rings. The Labute approximate surface area is 69.5 Å². The van der Waals surface area contributed by atoms with Gasteiger partial charge in [0.05, 0.1) is 0 Å². The van der Waals surface area contributed by atoms with E-state index in [0.717, 1.165) is 25.0 Å². The maximum atomic E-state index is 5.41. The molecule has 0 aromatic heterocycles. The summed E-state index contributed by atoms with van der Waals surface area (Å²) in [4.78, 5) is 0. The number of nitrogens with one attached hydrogen (secondary N) is 1. The van der Waals surface area contributed by atoms with Gasteiger partial charge >= 0.3 is 0 Å². The van der Waals surface area contributed by atoms with Gasteiger partial charge in [-0.2, -0.15) is 0 Å². The SMILES string of the molecule is CC1CCC(NCCN)CC1. The average Bonchev–Trinajstić information content (AvgIpc) is 2.04. The van der Waals surface area contributed by atoms with Crippen molar-refractivity contribution in [3.05, 3.63) is 0 Å². The molecule has 3 N–H and O–H groups in total. The smallest absolute Gasteiger partial charge is 0.00770 e. The zero-order chi connectivity index (χ0) is 8.10. The van der Waals surface area contributed by atoms with Crippen molar-refractivity contribution < 1.29 is 0 Å². The summed E-state index contributed by atoms with van der Waals surface area (Å²) < 4.78 is 0. The number of rotatable bonds is 3. The summed E-state index contributed by atoms with van der Waals surface area (Å²) in [6, 6.07) is 0.759. The molecule has 1 aliphatic carbocycles. The Kier molecular flexibility index (Phi) is 3.87. The van der Waals surface area contributed by atoms with Crippen LogP contribution in [-0.2, 0) is 0 Å². The molecule has 0 aliphatic heterocycles. The molecule has 0 aromatic carbocycles. The predicted molar refractivity (Wildman–Crippen MR) is 48.5 cm³/mol. The summed E-state index contributed by atoms with van der Waals surface area (Å²) in [5.74, 6) is 0.950. The van der Waals surface area contributed by atoms with Crippen LogP contribution >= 0.6 is 0 Å². The summed E-state index contributed by atoms with van der Waals surface area (Å²) in [5.41, 5.74) is 5.41. The highest BCUT2D eigenvalue weighted by atomic mass is 14.9. The van der Waals surface area contributed by atoms with E-state index in [1.165, 1.54) is 25.7 Å². The van der Waals surface area contributed by atoms with Gasteiger partial charge in [0.15, 0.2) is 0 Å². The van der Waals surface area contributed by atoms with Crippen LogP contribution in [0.5, 0.6) is 0 Å². The minimum Gasteiger partial charge on any atom is -0.329 e. The first-order chi connectivity index (χ1) is 5.33. The molecule has 0 bridgehead atoms. The first-order valence-corrected chi connectivity index (χ1v) is 4.76. The van der Waals surface area contributed by atoms with E-state index in [1.54, 1.807) is 0 Å². The van der Waals surface area contributed by atoms with Crippen molar-refractivity contribution >= 4 is 0 Å². The van der Waals surface area contributed by atoms with E-state index >= 15 is 0 Å². The fourth-order valence-electron chi connectivity index (χ4n) is 1.75. The molecule has 11 heavy (non-hydrogen) atoms. The van der Waals surface area contributed by atoms with Crippen LogP contribution in [0.25, 0.3) is 0 Å². The molecule has 2 heteroatoms. The van der Waals surface area contributed by atoms with E-state index in [-0.39, 0.29) is 0 Å². The van der Waals surface area contributed by atoms with Crippen LogP contribution in [0.3, 0.4) is 0 Å². The van der Waals surface area contributed by atoms with E-state index in [9.17, 15) is 0 Å². The van der Waals surface area contributed by atoms with Crippen LogP contribution < -0.4 is 11.1 Å². The van der Waals surface area contributed by atoms with Gasteiger partial charge < -0.3 is 11.1 Å². The average molecular weight is 156 g/mol. The Morgan fingerprint density at radius 2 is 1.91 bits per heavy atom. The lowest BCUT2D eigenvalue weighted by Crippen LogP contribution is -2.35. The van der Waals surface area contributed by atoms with E-state index < -0.39 is 0 Å². The largest absolute Gasteiger partial charge is 0.329 e. The Morgan fingerprint density at radius 1 is 1.27 bits per heavy atom. The van der Waals surface area contributed by atoms with Gasteiger partial charge in [-0.15, -0.1) is 0 Å². The van der Waals surface area contributed by atoms with Crippen LogP contribution in [0.1, 0.15) is 32.6 Å². The summed E-state index contributed by atoms with van der Waals surface area (Å²) in [5, 5.41) is 3.47. The van der Waals surface area contributed by atoms with Crippen molar-refractivity contribution in [2.45, 2.75) is 38.6 Å². The van der Waals surface area contributed by atoms with Crippen molar-refractivity contribution in [2.24, 2.45) is 11.7 Å². The summed E-state index contributed by atoms with van der Waals surface area (Å²) in [6.07, 6.45) is 5.48. The zero-order valence-corrected chi connectivity index (χ0v) is 7.47. The lowest BCUT2D eigenvalue weighted by molar-refractivity contribution is 0.310. The first-order valence-electron chi connectivity index (χ1n) is 4.76. The summed E-state index contributed by atoms with van der Waals surface area (Å²) in [7, 11) is 0. The Balaban J connectivity index is 2.07.